The van der Waals surface area contributed by atoms with Gasteiger partial charge in [-0.2, -0.15) is 20.8 Å². The van der Waals surface area contributed by atoms with Crippen LogP contribution in [0.1, 0.15) is 125 Å². The highest BCUT2D eigenvalue weighted by Crippen LogP contribution is 2.19. The van der Waals surface area contributed by atoms with Gasteiger partial charge in [0.2, 0.25) is 0 Å². The van der Waals surface area contributed by atoms with Crippen LogP contribution in [0.5, 0.6) is 0 Å². The molecule has 10 heteroatoms. The lowest BCUT2D eigenvalue weighted by Gasteiger charge is -2.38. The highest BCUT2D eigenvalue weighted by molar-refractivity contribution is 5.74. The van der Waals surface area contributed by atoms with E-state index in [0.717, 1.165) is 11.0 Å². The van der Waals surface area contributed by atoms with Gasteiger partial charge in [-0.25, -0.2) is 0 Å². The molecule has 0 radical (unpaired) electrons. The third kappa shape index (κ3) is 27.4. The van der Waals surface area contributed by atoms with Crippen molar-refractivity contribution in [1.29, 1.82) is 0 Å². The molecule has 1 amide bonds. The van der Waals surface area contributed by atoms with Crippen LogP contribution in [0, 0.1) is 12.8 Å². The minimum atomic E-state index is -1.85. The van der Waals surface area contributed by atoms with Crippen molar-refractivity contribution in [3.63, 3.8) is 0 Å². The number of aliphatic hydroxyl groups is 4. The molecular formula is C32H66N2O8. The average molecular weight is 607 g/mol. The maximum absolute atomic E-state index is 11.0. The zero-order valence-corrected chi connectivity index (χ0v) is 27.9. The highest BCUT2D eigenvalue weighted by Gasteiger charge is 2.43. The zero-order chi connectivity index (χ0) is 33.1. The van der Waals surface area contributed by atoms with E-state index >= 15 is 0 Å². The molecule has 1 saturated heterocycles. The van der Waals surface area contributed by atoms with Gasteiger partial charge < -0.3 is 51.2 Å². The Morgan fingerprint density at radius 3 is 1.45 bits per heavy atom. The summed E-state index contributed by atoms with van der Waals surface area (Å²) in [5.41, 5.74) is 5.27. The molecule has 5 atom stereocenters. The van der Waals surface area contributed by atoms with E-state index in [-0.39, 0.29) is 5.91 Å². The van der Waals surface area contributed by atoms with Gasteiger partial charge in [-0.3, -0.25) is 4.79 Å². The molecule has 0 aliphatic carbocycles. The van der Waals surface area contributed by atoms with Gasteiger partial charge in [0.05, 0.1) is 40.5 Å². The number of unbranched alkanes of at least 4 members (excludes halogenated alkanes) is 13. The monoisotopic (exact) mass is 606 g/mol. The predicted octanol–water partition coefficient (Wildman–Crippen LogP) is 3.03. The second kappa shape index (κ2) is 28.3. The number of likely N-dealkylation sites (N-methyl/N-ethyl adjacent to an activating group) is 1. The number of carboxylic acid groups (broad SMARTS) is 1. The number of nitrogens with zero attached hydrogens (tertiary/aromatic N) is 1. The van der Waals surface area contributed by atoms with Crippen molar-refractivity contribution >= 4 is 11.9 Å². The van der Waals surface area contributed by atoms with E-state index in [4.69, 9.17) is 26.2 Å². The van der Waals surface area contributed by atoms with Crippen LogP contribution in [-0.4, -0.2) is 94.7 Å². The first-order chi connectivity index (χ1) is 19.7. The molecule has 0 saturated carbocycles. The normalized spacial score (nSPS) is 21.7. The summed E-state index contributed by atoms with van der Waals surface area (Å²) in [6.07, 6.45) is 10.4. The van der Waals surface area contributed by atoms with E-state index < -0.39 is 36.7 Å². The topological polar surface area (TPSA) is 173 Å². The number of quaternary nitrogens is 1. The Kier molecular flexibility index (Phi) is 30.4. The van der Waals surface area contributed by atoms with Crippen LogP contribution in [0.4, 0.5) is 0 Å². The summed E-state index contributed by atoms with van der Waals surface area (Å²) in [7, 11) is 4.18. The fraction of sp³-hybridized carbons (Fsp3) is 0.875. The third-order valence-electron chi connectivity index (χ3n) is 6.52. The number of aliphatic hydroxyl groups excluding tert-OH is 4. The fourth-order valence-electron chi connectivity index (χ4n) is 4.29. The standard InChI is InChI=1S/C20H42N2O.C6H10O7.C4H9.C2H5/c1-4-5-6-7-8-9-10-11-12-13-14-15-16-17-18-22(2,3)19-20(21)23;7-1-2(8)4(5(10)11)13-6(12)3(1)9;1-4(2)3;1-2/h4-19H2,1-3H3,(H-,21,23);1-4,6-9,12H,(H,10,11);1-3H3;1H2,2H3/q;;-1;+1/t;1-,2+,3?,4?,6?;;/m.1../s1. The van der Waals surface area contributed by atoms with Gasteiger partial charge in [0, 0.05) is 0 Å². The zero-order valence-electron chi connectivity index (χ0n) is 27.9. The Labute approximate surface area is 257 Å². The minimum absolute atomic E-state index is 0.194. The lowest BCUT2D eigenvalue weighted by molar-refractivity contribution is -0.882. The number of amides is 1. The molecular weight excluding hydrogens is 540 g/mol. The Morgan fingerprint density at radius 1 is 0.762 bits per heavy atom. The van der Waals surface area contributed by atoms with Crippen molar-refractivity contribution in [2.75, 3.05) is 27.2 Å². The van der Waals surface area contributed by atoms with Gasteiger partial charge in [-0.1, -0.05) is 84.0 Å². The van der Waals surface area contributed by atoms with E-state index in [1.165, 1.54) is 95.8 Å². The van der Waals surface area contributed by atoms with Crippen LogP contribution >= 0.6 is 0 Å². The number of primary amides is 1. The molecule has 0 aromatic heterocycles. The molecule has 10 nitrogen and oxygen atoms in total. The summed E-state index contributed by atoms with van der Waals surface area (Å²) in [5.74, 6) is -0.544. The summed E-state index contributed by atoms with van der Waals surface area (Å²) in [4.78, 5) is 21.2. The van der Waals surface area contributed by atoms with E-state index in [2.05, 4.69) is 53.5 Å². The first-order valence-corrected chi connectivity index (χ1v) is 15.8. The van der Waals surface area contributed by atoms with E-state index in [0.29, 0.717) is 6.54 Å². The number of nitrogens with two attached hydrogens (primary N) is 1. The van der Waals surface area contributed by atoms with Crippen molar-refractivity contribution in [1.82, 2.24) is 0 Å². The first kappa shape index (κ1) is 45.0. The molecule has 0 spiro atoms. The van der Waals surface area contributed by atoms with Gasteiger partial charge in [-0.05, 0) is 12.8 Å². The SMILES string of the molecule is CCCCCCCCCCCCCCCC[N+](C)(C)CC(N)=O.C[C-](C)C.O=C([O-])C1OC(O)C(O)[C@H](O)[C@@H]1O.[CH2+]C. The Balaban J connectivity index is -0.000000667. The minimum Gasteiger partial charge on any atom is -0.547 e. The number of ether oxygens (including phenoxy) is 1. The molecule has 1 aliphatic rings. The number of rotatable bonds is 18. The predicted molar refractivity (Wildman–Crippen MR) is 167 cm³/mol. The summed E-state index contributed by atoms with van der Waals surface area (Å²) in [6.45, 7) is 15.0. The van der Waals surface area contributed by atoms with Gasteiger partial charge in [-0.15, -0.1) is 0 Å². The third-order valence-corrected chi connectivity index (χ3v) is 6.52. The van der Waals surface area contributed by atoms with Crippen LogP contribution in [-0.2, 0) is 14.3 Å². The second-order valence-electron chi connectivity index (χ2n) is 12.1. The number of carboxylic acids is 1. The molecule has 0 bridgehead atoms. The van der Waals surface area contributed by atoms with Crippen molar-refractivity contribution in [2.45, 2.75) is 155 Å². The van der Waals surface area contributed by atoms with Crippen LogP contribution in [0.25, 0.3) is 0 Å². The number of hydrogen-bond acceptors (Lipinski definition) is 8. The summed E-state index contributed by atoms with van der Waals surface area (Å²) in [6, 6.07) is 0. The molecule has 1 fully saturated rings. The molecule has 1 rings (SSSR count). The average Bonchev–Trinajstić information content (AvgIpc) is 2.90. The largest absolute Gasteiger partial charge is 0.547 e. The van der Waals surface area contributed by atoms with Crippen molar-refractivity contribution in [3.8, 4) is 0 Å². The van der Waals surface area contributed by atoms with Crippen LogP contribution in [0.15, 0.2) is 0 Å². The Morgan fingerprint density at radius 2 is 1.12 bits per heavy atom. The molecule has 252 valence electrons. The molecule has 3 unspecified atom stereocenters. The van der Waals surface area contributed by atoms with E-state index in [1.807, 2.05) is 0 Å². The maximum atomic E-state index is 11.0. The van der Waals surface area contributed by atoms with Crippen LogP contribution in [0.3, 0.4) is 0 Å². The van der Waals surface area contributed by atoms with Crippen LogP contribution < -0.4 is 10.8 Å². The van der Waals surface area contributed by atoms with Gasteiger partial charge in [0.15, 0.2) is 12.8 Å². The fourth-order valence-corrected chi connectivity index (χ4v) is 4.29. The molecule has 6 N–H and O–H groups in total. The summed E-state index contributed by atoms with van der Waals surface area (Å²) >= 11 is 0. The molecule has 0 aromatic rings. The van der Waals surface area contributed by atoms with Gasteiger partial charge >= 0.3 is 0 Å². The van der Waals surface area contributed by atoms with Gasteiger partial charge in [0.25, 0.3) is 5.91 Å². The van der Waals surface area contributed by atoms with Crippen molar-refractivity contribution in [3.05, 3.63) is 12.8 Å². The molecule has 1 heterocycles. The molecule has 0 aromatic carbocycles. The number of hydrogen-bond donors (Lipinski definition) is 5. The number of carbonyl (C=O) groups is 2. The molecule has 42 heavy (non-hydrogen) atoms. The Bertz CT molecular complexity index is 631. The van der Waals surface area contributed by atoms with Crippen molar-refractivity contribution < 1.29 is 44.3 Å². The number of aliphatic carboxylic acids is 1. The lowest BCUT2D eigenvalue weighted by atomic mass is 9.99. The first-order valence-electron chi connectivity index (χ1n) is 15.8. The maximum Gasteiger partial charge on any atom is 0.272 e. The number of carbonyl (C=O) groups excluding carboxylic acids is 2. The lowest BCUT2D eigenvalue weighted by Crippen LogP contribution is -2.62. The highest BCUT2D eigenvalue weighted by atomic mass is 16.6. The van der Waals surface area contributed by atoms with Crippen LogP contribution in [0.2, 0.25) is 0 Å². The quantitative estimate of drug-likeness (QED) is 0.0899. The second-order valence-corrected chi connectivity index (χ2v) is 12.1. The summed E-state index contributed by atoms with van der Waals surface area (Å²) < 4.78 is 5.01. The summed E-state index contributed by atoms with van der Waals surface area (Å²) in [5, 5.41) is 46.1. The Hall–Kier alpha value is -1.43. The van der Waals surface area contributed by atoms with E-state index in [1.54, 1.807) is 6.92 Å². The smallest absolute Gasteiger partial charge is 0.272 e. The molecule has 1 aliphatic heterocycles. The van der Waals surface area contributed by atoms with E-state index in [9.17, 15) is 14.7 Å². The van der Waals surface area contributed by atoms with Crippen molar-refractivity contribution in [2.24, 2.45) is 5.73 Å². The van der Waals surface area contributed by atoms with Gasteiger partial charge in [0.1, 0.15) is 24.4 Å².